The van der Waals surface area contributed by atoms with E-state index in [-0.39, 0.29) is 5.91 Å². The van der Waals surface area contributed by atoms with Gasteiger partial charge < -0.3 is 20.3 Å². The molecular formula is C16H25N3O2. The lowest BCUT2D eigenvalue weighted by atomic mass is 9.98. The van der Waals surface area contributed by atoms with Crippen molar-refractivity contribution in [2.24, 2.45) is 0 Å². The van der Waals surface area contributed by atoms with Gasteiger partial charge in [-0.25, -0.2) is 0 Å². The first kappa shape index (κ1) is 15.9. The van der Waals surface area contributed by atoms with Crippen LogP contribution in [0, 0.1) is 0 Å². The molecule has 0 fully saturated rings. The van der Waals surface area contributed by atoms with Crippen molar-refractivity contribution < 1.29 is 9.53 Å². The maximum atomic E-state index is 12.2. The van der Waals surface area contributed by atoms with Crippen LogP contribution in [-0.2, 0) is 17.7 Å². The van der Waals surface area contributed by atoms with Gasteiger partial charge in [0.05, 0.1) is 6.61 Å². The van der Waals surface area contributed by atoms with Crippen molar-refractivity contribution in [2.45, 2.75) is 13.0 Å². The van der Waals surface area contributed by atoms with Gasteiger partial charge in [0.15, 0.2) is 0 Å². The van der Waals surface area contributed by atoms with E-state index < -0.39 is 0 Å². The lowest BCUT2D eigenvalue weighted by molar-refractivity contribution is 0.0947. The standard InChI is InChI=1S/C16H25N3O2/c1-19(9-10-21-2)8-7-18-16(20)14-4-3-13-5-6-17-12-15(13)11-14/h3-4,11,17H,5-10,12H2,1-2H3,(H,18,20). The Morgan fingerprint density at radius 3 is 3.05 bits per heavy atom. The summed E-state index contributed by atoms with van der Waals surface area (Å²) in [5, 5.41) is 6.31. The Labute approximate surface area is 126 Å². The molecule has 0 bridgehead atoms. The maximum Gasteiger partial charge on any atom is 0.251 e. The third-order valence-electron chi connectivity index (χ3n) is 3.81. The fraction of sp³-hybridized carbons (Fsp3) is 0.562. The number of methoxy groups -OCH3 is 1. The second-order valence-electron chi connectivity index (χ2n) is 5.46. The summed E-state index contributed by atoms with van der Waals surface area (Å²) in [5.41, 5.74) is 3.34. The van der Waals surface area contributed by atoms with E-state index in [0.29, 0.717) is 13.2 Å². The maximum absolute atomic E-state index is 12.2. The summed E-state index contributed by atoms with van der Waals surface area (Å²) in [6.45, 7) is 4.93. The molecule has 1 aromatic carbocycles. The first-order chi connectivity index (χ1) is 10.2. The largest absolute Gasteiger partial charge is 0.383 e. The predicted octanol–water partition coefficient (Wildman–Crippen LogP) is 0.640. The SMILES string of the molecule is COCCN(C)CCNC(=O)c1ccc2c(c1)CNCC2. The van der Waals surface area contributed by atoms with E-state index in [4.69, 9.17) is 4.74 Å². The minimum atomic E-state index is 0.00325. The average Bonchev–Trinajstić information content (AvgIpc) is 2.52. The van der Waals surface area contributed by atoms with Crippen LogP contribution in [0.5, 0.6) is 0 Å². The van der Waals surface area contributed by atoms with Crippen molar-refractivity contribution in [3.63, 3.8) is 0 Å². The second-order valence-corrected chi connectivity index (χ2v) is 5.46. The van der Waals surface area contributed by atoms with E-state index in [0.717, 1.165) is 38.2 Å². The number of hydrogen-bond acceptors (Lipinski definition) is 4. The van der Waals surface area contributed by atoms with Gasteiger partial charge in [-0.2, -0.15) is 0 Å². The molecule has 1 heterocycles. The quantitative estimate of drug-likeness (QED) is 0.774. The Morgan fingerprint density at radius 1 is 1.38 bits per heavy atom. The van der Waals surface area contributed by atoms with Gasteiger partial charge in [0.2, 0.25) is 0 Å². The first-order valence-electron chi connectivity index (χ1n) is 7.49. The molecule has 2 rings (SSSR count). The van der Waals surface area contributed by atoms with Crippen LogP contribution in [0.4, 0.5) is 0 Å². The Bertz CT molecular complexity index is 477. The molecule has 2 N–H and O–H groups in total. The monoisotopic (exact) mass is 291 g/mol. The normalized spacial score (nSPS) is 14.0. The summed E-state index contributed by atoms with van der Waals surface area (Å²) >= 11 is 0. The molecule has 1 aliphatic heterocycles. The van der Waals surface area contributed by atoms with Crippen molar-refractivity contribution in [1.29, 1.82) is 0 Å². The van der Waals surface area contributed by atoms with Crippen molar-refractivity contribution in [2.75, 3.05) is 46.9 Å². The fourth-order valence-corrected chi connectivity index (χ4v) is 2.44. The fourth-order valence-electron chi connectivity index (χ4n) is 2.44. The van der Waals surface area contributed by atoms with Gasteiger partial charge in [0.25, 0.3) is 5.91 Å². The van der Waals surface area contributed by atoms with Crippen LogP contribution < -0.4 is 10.6 Å². The molecule has 0 saturated heterocycles. The Balaban J connectivity index is 1.80. The lowest BCUT2D eigenvalue weighted by Crippen LogP contribution is -2.34. The minimum absolute atomic E-state index is 0.00325. The van der Waals surface area contributed by atoms with E-state index in [2.05, 4.69) is 21.6 Å². The van der Waals surface area contributed by atoms with Crippen LogP contribution in [0.2, 0.25) is 0 Å². The highest BCUT2D eigenvalue weighted by Crippen LogP contribution is 2.15. The molecule has 1 aromatic rings. The van der Waals surface area contributed by atoms with Crippen LogP contribution in [0.25, 0.3) is 0 Å². The van der Waals surface area contributed by atoms with Crippen LogP contribution in [0.1, 0.15) is 21.5 Å². The second kappa shape index (κ2) is 8.12. The van der Waals surface area contributed by atoms with Crippen molar-refractivity contribution in [3.8, 4) is 0 Å². The summed E-state index contributed by atoms with van der Waals surface area (Å²) < 4.78 is 5.03. The number of fused-ring (bicyclic) bond motifs is 1. The van der Waals surface area contributed by atoms with Gasteiger partial charge >= 0.3 is 0 Å². The highest BCUT2D eigenvalue weighted by Gasteiger charge is 2.12. The number of likely N-dealkylation sites (N-methyl/N-ethyl adjacent to an activating group) is 1. The van der Waals surface area contributed by atoms with Crippen molar-refractivity contribution >= 4 is 5.91 Å². The molecule has 5 heteroatoms. The Morgan fingerprint density at radius 2 is 2.24 bits per heavy atom. The molecule has 0 spiro atoms. The van der Waals surface area contributed by atoms with Gasteiger partial charge in [-0.3, -0.25) is 4.79 Å². The van der Waals surface area contributed by atoms with Crippen LogP contribution in [0.3, 0.4) is 0 Å². The molecule has 21 heavy (non-hydrogen) atoms. The summed E-state index contributed by atoms with van der Waals surface area (Å²) in [6.07, 6.45) is 1.04. The van der Waals surface area contributed by atoms with E-state index in [9.17, 15) is 4.79 Å². The molecule has 0 radical (unpaired) electrons. The zero-order valence-corrected chi connectivity index (χ0v) is 12.9. The van der Waals surface area contributed by atoms with Gasteiger partial charge in [-0.05, 0) is 43.3 Å². The summed E-state index contributed by atoms with van der Waals surface area (Å²) in [7, 11) is 3.72. The predicted molar refractivity (Wildman–Crippen MR) is 83.6 cm³/mol. The highest BCUT2D eigenvalue weighted by molar-refractivity contribution is 5.94. The van der Waals surface area contributed by atoms with Gasteiger partial charge in [-0.15, -0.1) is 0 Å². The number of amides is 1. The minimum Gasteiger partial charge on any atom is -0.383 e. The molecule has 0 saturated carbocycles. The summed E-state index contributed by atoms with van der Waals surface area (Å²) in [6, 6.07) is 6.01. The van der Waals surface area contributed by atoms with Crippen molar-refractivity contribution in [3.05, 3.63) is 34.9 Å². The molecule has 1 aliphatic rings. The number of ether oxygens (including phenoxy) is 1. The third-order valence-corrected chi connectivity index (χ3v) is 3.81. The Hall–Kier alpha value is -1.43. The first-order valence-corrected chi connectivity index (χ1v) is 7.49. The highest BCUT2D eigenvalue weighted by atomic mass is 16.5. The number of carbonyl (C=O) groups is 1. The number of carbonyl (C=O) groups excluding carboxylic acids is 1. The topological polar surface area (TPSA) is 53.6 Å². The smallest absolute Gasteiger partial charge is 0.251 e. The van der Waals surface area contributed by atoms with E-state index in [1.807, 2.05) is 19.2 Å². The molecular weight excluding hydrogens is 266 g/mol. The van der Waals surface area contributed by atoms with E-state index in [1.165, 1.54) is 11.1 Å². The zero-order chi connectivity index (χ0) is 15.1. The number of nitrogens with zero attached hydrogens (tertiary/aromatic N) is 1. The van der Waals surface area contributed by atoms with E-state index in [1.54, 1.807) is 7.11 Å². The van der Waals surface area contributed by atoms with Crippen LogP contribution in [-0.4, -0.2) is 57.8 Å². The number of rotatable bonds is 7. The molecule has 0 unspecified atom stereocenters. The summed E-state index contributed by atoms with van der Waals surface area (Å²) in [4.78, 5) is 14.3. The molecule has 1 amide bonds. The molecule has 116 valence electrons. The van der Waals surface area contributed by atoms with Crippen LogP contribution >= 0.6 is 0 Å². The number of benzene rings is 1. The Kier molecular flexibility index (Phi) is 6.17. The zero-order valence-electron chi connectivity index (χ0n) is 12.9. The number of nitrogens with one attached hydrogen (secondary N) is 2. The van der Waals surface area contributed by atoms with Crippen LogP contribution in [0.15, 0.2) is 18.2 Å². The molecule has 0 atom stereocenters. The summed E-state index contributed by atoms with van der Waals surface area (Å²) in [5.74, 6) is 0.00325. The van der Waals surface area contributed by atoms with Gasteiger partial charge in [0, 0.05) is 38.9 Å². The van der Waals surface area contributed by atoms with Gasteiger partial charge in [0.1, 0.15) is 0 Å². The molecule has 0 aliphatic carbocycles. The molecule has 0 aromatic heterocycles. The average molecular weight is 291 g/mol. The van der Waals surface area contributed by atoms with Crippen molar-refractivity contribution in [1.82, 2.24) is 15.5 Å². The molecule has 5 nitrogen and oxygen atoms in total. The number of hydrogen-bond donors (Lipinski definition) is 2. The van der Waals surface area contributed by atoms with E-state index >= 15 is 0 Å². The third kappa shape index (κ3) is 4.81. The van der Waals surface area contributed by atoms with Gasteiger partial charge in [-0.1, -0.05) is 6.07 Å². The lowest BCUT2D eigenvalue weighted by Gasteiger charge is -2.18.